The fourth-order valence-electron chi connectivity index (χ4n) is 3.49. The summed E-state index contributed by atoms with van der Waals surface area (Å²) in [6.07, 6.45) is 9.39. The molecule has 2 atom stereocenters. The maximum absolute atomic E-state index is 4.70. The first-order valence-corrected chi connectivity index (χ1v) is 7.89. The molecular weight excluding hydrogens is 258 g/mol. The maximum atomic E-state index is 4.70. The molecule has 2 heterocycles. The van der Waals surface area contributed by atoms with Crippen LogP contribution in [0, 0.1) is 6.92 Å². The third-order valence-electron chi connectivity index (χ3n) is 4.46. The van der Waals surface area contributed by atoms with E-state index in [2.05, 4.69) is 42.3 Å². The van der Waals surface area contributed by atoms with Crippen LogP contribution >= 0.6 is 0 Å². The molecule has 2 unspecified atom stereocenters. The van der Waals surface area contributed by atoms with Gasteiger partial charge in [0.15, 0.2) is 0 Å². The van der Waals surface area contributed by atoms with E-state index in [0.29, 0.717) is 12.0 Å². The van der Waals surface area contributed by atoms with E-state index in [1.807, 2.05) is 18.6 Å². The van der Waals surface area contributed by atoms with Gasteiger partial charge in [0.25, 0.3) is 0 Å². The minimum atomic E-state index is 0.326. The lowest BCUT2D eigenvalue weighted by Crippen LogP contribution is -2.30. The fraction of sp³-hybridized carbons (Fsp3) is 0.444. The molecule has 2 aromatic rings. The van der Waals surface area contributed by atoms with Gasteiger partial charge in [-0.1, -0.05) is 13.0 Å². The Morgan fingerprint density at radius 3 is 3.05 bits per heavy atom. The van der Waals surface area contributed by atoms with Crippen LogP contribution in [-0.4, -0.2) is 16.5 Å². The van der Waals surface area contributed by atoms with Crippen LogP contribution in [0.25, 0.3) is 0 Å². The average molecular weight is 281 g/mol. The average Bonchev–Trinajstić information content (AvgIpc) is 2.53. The van der Waals surface area contributed by atoms with Gasteiger partial charge in [0.05, 0.1) is 0 Å². The van der Waals surface area contributed by atoms with E-state index >= 15 is 0 Å². The SMILES string of the molecule is CCNC(c1ccncc1C)C1CCCc2cccnc21. The molecule has 110 valence electrons. The lowest BCUT2D eigenvalue weighted by molar-refractivity contribution is 0.399. The summed E-state index contributed by atoms with van der Waals surface area (Å²) in [6.45, 7) is 5.28. The van der Waals surface area contributed by atoms with Gasteiger partial charge in [0.2, 0.25) is 0 Å². The molecule has 0 aromatic carbocycles. The molecule has 0 fully saturated rings. The van der Waals surface area contributed by atoms with Crippen LogP contribution in [-0.2, 0) is 6.42 Å². The first kappa shape index (κ1) is 14.2. The maximum Gasteiger partial charge on any atom is 0.0485 e. The predicted octanol–water partition coefficient (Wildman–Crippen LogP) is 3.56. The Hall–Kier alpha value is -1.74. The van der Waals surface area contributed by atoms with E-state index < -0.39 is 0 Å². The highest BCUT2D eigenvalue weighted by Gasteiger charge is 2.30. The molecular formula is C18H23N3. The molecule has 1 N–H and O–H groups in total. The fourth-order valence-corrected chi connectivity index (χ4v) is 3.49. The van der Waals surface area contributed by atoms with Crippen LogP contribution in [0.1, 0.15) is 54.1 Å². The van der Waals surface area contributed by atoms with Gasteiger partial charge in [-0.15, -0.1) is 0 Å². The summed E-state index contributed by atoms with van der Waals surface area (Å²) in [5.41, 5.74) is 5.32. The molecule has 0 bridgehead atoms. The first-order chi connectivity index (χ1) is 10.3. The minimum absolute atomic E-state index is 0.326. The van der Waals surface area contributed by atoms with Crippen LogP contribution in [0.15, 0.2) is 36.8 Å². The lowest BCUT2D eigenvalue weighted by Gasteiger charge is -2.33. The highest BCUT2D eigenvalue weighted by molar-refractivity contribution is 5.33. The molecule has 0 saturated heterocycles. The smallest absolute Gasteiger partial charge is 0.0485 e. The van der Waals surface area contributed by atoms with Gasteiger partial charge in [-0.05, 0) is 61.6 Å². The third-order valence-corrected chi connectivity index (χ3v) is 4.46. The molecule has 0 spiro atoms. The highest BCUT2D eigenvalue weighted by atomic mass is 14.9. The van der Waals surface area contributed by atoms with Crippen molar-refractivity contribution in [2.24, 2.45) is 0 Å². The quantitative estimate of drug-likeness (QED) is 0.931. The Bertz CT molecular complexity index is 609. The number of aromatic nitrogens is 2. The van der Waals surface area contributed by atoms with Crippen molar-refractivity contribution >= 4 is 0 Å². The van der Waals surface area contributed by atoms with Crippen molar-refractivity contribution < 1.29 is 0 Å². The van der Waals surface area contributed by atoms with Crippen molar-refractivity contribution in [1.29, 1.82) is 0 Å². The molecule has 0 radical (unpaired) electrons. The van der Waals surface area contributed by atoms with Crippen molar-refractivity contribution in [2.45, 2.75) is 45.1 Å². The monoisotopic (exact) mass is 281 g/mol. The molecule has 0 aliphatic heterocycles. The van der Waals surface area contributed by atoms with Crippen molar-refractivity contribution in [2.75, 3.05) is 6.54 Å². The highest BCUT2D eigenvalue weighted by Crippen LogP contribution is 2.39. The topological polar surface area (TPSA) is 37.8 Å². The molecule has 3 heteroatoms. The Balaban J connectivity index is 2.01. The number of aryl methyl sites for hydroxylation is 2. The number of nitrogens with zero attached hydrogens (tertiary/aromatic N) is 2. The lowest BCUT2D eigenvalue weighted by atomic mass is 9.79. The van der Waals surface area contributed by atoms with Crippen LogP contribution in [0.5, 0.6) is 0 Å². The van der Waals surface area contributed by atoms with E-state index in [1.165, 1.54) is 35.2 Å². The van der Waals surface area contributed by atoms with Gasteiger partial charge < -0.3 is 5.32 Å². The van der Waals surface area contributed by atoms with Crippen molar-refractivity contribution in [3.63, 3.8) is 0 Å². The minimum Gasteiger partial charge on any atom is -0.310 e. The number of nitrogens with one attached hydrogen (secondary N) is 1. The second-order valence-corrected chi connectivity index (χ2v) is 5.81. The molecule has 0 saturated carbocycles. The Morgan fingerprint density at radius 2 is 2.24 bits per heavy atom. The Kier molecular flexibility index (Phi) is 4.30. The van der Waals surface area contributed by atoms with Crippen LogP contribution in [0.2, 0.25) is 0 Å². The summed E-state index contributed by atoms with van der Waals surface area (Å²) < 4.78 is 0. The number of pyridine rings is 2. The number of likely N-dealkylation sites (N-methyl/N-ethyl adjacent to an activating group) is 1. The Labute approximate surface area is 126 Å². The molecule has 3 nitrogen and oxygen atoms in total. The summed E-state index contributed by atoms with van der Waals surface area (Å²) in [7, 11) is 0. The van der Waals surface area contributed by atoms with E-state index in [1.54, 1.807) is 0 Å². The zero-order valence-electron chi connectivity index (χ0n) is 12.8. The Morgan fingerprint density at radius 1 is 1.33 bits per heavy atom. The zero-order valence-corrected chi connectivity index (χ0v) is 12.8. The molecule has 2 aromatic heterocycles. The van der Waals surface area contributed by atoms with Gasteiger partial charge >= 0.3 is 0 Å². The summed E-state index contributed by atoms with van der Waals surface area (Å²) in [6, 6.07) is 6.77. The van der Waals surface area contributed by atoms with Gasteiger partial charge in [0, 0.05) is 36.2 Å². The standard InChI is InChI=1S/C18H23N3/c1-3-20-18(15-9-11-19-12-13(15)2)16-8-4-6-14-7-5-10-21-17(14)16/h5,7,9-12,16,18,20H,3-4,6,8H2,1-2H3. The normalized spacial score (nSPS) is 19.0. The van der Waals surface area contributed by atoms with Crippen LogP contribution < -0.4 is 5.32 Å². The summed E-state index contributed by atoms with van der Waals surface area (Å²) in [4.78, 5) is 8.94. The van der Waals surface area contributed by atoms with Crippen molar-refractivity contribution in [1.82, 2.24) is 15.3 Å². The van der Waals surface area contributed by atoms with Gasteiger partial charge in [-0.25, -0.2) is 0 Å². The first-order valence-electron chi connectivity index (χ1n) is 7.89. The summed E-state index contributed by atoms with van der Waals surface area (Å²) in [5, 5.41) is 3.68. The molecule has 1 aliphatic rings. The van der Waals surface area contributed by atoms with Crippen molar-refractivity contribution in [3.8, 4) is 0 Å². The van der Waals surface area contributed by atoms with Gasteiger partial charge in [-0.2, -0.15) is 0 Å². The predicted molar refractivity (Wildman–Crippen MR) is 85.3 cm³/mol. The van der Waals surface area contributed by atoms with Gasteiger partial charge in [0.1, 0.15) is 0 Å². The largest absolute Gasteiger partial charge is 0.310 e. The number of hydrogen-bond donors (Lipinski definition) is 1. The summed E-state index contributed by atoms with van der Waals surface area (Å²) >= 11 is 0. The molecule has 3 rings (SSSR count). The second-order valence-electron chi connectivity index (χ2n) is 5.81. The van der Waals surface area contributed by atoms with Crippen LogP contribution in [0.4, 0.5) is 0 Å². The van der Waals surface area contributed by atoms with Crippen LogP contribution in [0.3, 0.4) is 0 Å². The van der Waals surface area contributed by atoms with Gasteiger partial charge in [-0.3, -0.25) is 9.97 Å². The second kappa shape index (κ2) is 6.35. The summed E-state index contributed by atoms with van der Waals surface area (Å²) in [5.74, 6) is 0.455. The van der Waals surface area contributed by atoms with E-state index in [4.69, 9.17) is 4.98 Å². The third kappa shape index (κ3) is 2.84. The van der Waals surface area contributed by atoms with E-state index in [9.17, 15) is 0 Å². The number of hydrogen-bond acceptors (Lipinski definition) is 3. The van der Waals surface area contributed by atoms with E-state index in [-0.39, 0.29) is 0 Å². The molecule has 1 aliphatic carbocycles. The zero-order chi connectivity index (χ0) is 14.7. The molecule has 0 amide bonds. The molecule has 21 heavy (non-hydrogen) atoms. The number of rotatable bonds is 4. The number of fused-ring (bicyclic) bond motifs is 1. The van der Waals surface area contributed by atoms with E-state index in [0.717, 1.165) is 13.0 Å². The van der Waals surface area contributed by atoms with Crippen molar-refractivity contribution in [3.05, 3.63) is 59.2 Å².